The summed E-state index contributed by atoms with van der Waals surface area (Å²) in [6.07, 6.45) is 1.10. The van der Waals surface area contributed by atoms with Gasteiger partial charge in [-0.25, -0.2) is 9.98 Å². The van der Waals surface area contributed by atoms with E-state index in [1.54, 1.807) is 11.3 Å². The van der Waals surface area contributed by atoms with Crippen LogP contribution >= 0.6 is 35.3 Å². The van der Waals surface area contributed by atoms with Crippen molar-refractivity contribution in [2.45, 2.75) is 53.7 Å². The molecule has 1 heterocycles. The molecule has 0 radical (unpaired) electrons. The summed E-state index contributed by atoms with van der Waals surface area (Å²) < 4.78 is 5.67. The average molecular weight is 502 g/mol. The van der Waals surface area contributed by atoms with Crippen molar-refractivity contribution in [1.82, 2.24) is 15.6 Å². The molecule has 2 aromatic rings. The van der Waals surface area contributed by atoms with E-state index in [2.05, 4.69) is 53.5 Å². The fourth-order valence-electron chi connectivity index (χ4n) is 2.39. The number of hydrogen-bond donors (Lipinski definition) is 2. The molecule has 1 aromatic heterocycles. The second-order valence-electron chi connectivity index (χ2n) is 6.43. The van der Waals surface area contributed by atoms with Crippen LogP contribution in [0.5, 0.6) is 5.75 Å². The van der Waals surface area contributed by atoms with E-state index in [4.69, 9.17) is 4.74 Å². The Morgan fingerprint density at radius 3 is 2.44 bits per heavy atom. The number of rotatable bonds is 8. The van der Waals surface area contributed by atoms with Crippen LogP contribution in [0.4, 0.5) is 0 Å². The molecule has 0 saturated carbocycles. The molecule has 0 aliphatic heterocycles. The van der Waals surface area contributed by atoms with Gasteiger partial charge in [0.05, 0.1) is 23.4 Å². The van der Waals surface area contributed by atoms with E-state index < -0.39 is 0 Å². The van der Waals surface area contributed by atoms with Crippen LogP contribution in [0.1, 0.15) is 41.9 Å². The molecule has 2 rings (SSSR count). The Morgan fingerprint density at radius 2 is 1.89 bits per heavy atom. The van der Waals surface area contributed by atoms with Crippen molar-refractivity contribution in [3.05, 3.63) is 45.4 Å². The minimum Gasteiger partial charge on any atom is -0.491 e. The van der Waals surface area contributed by atoms with E-state index in [9.17, 15) is 0 Å². The van der Waals surface area contributed by atoms with Gasteiger partial charge in [-0.3, -0.25) is 0 Å². The Kier molecular flexibility index (Phi) is 10.7. The van der Waals surface area contributed by atoms with Crippen molar-refractivity contribution in [3.8, 4) is 5.75 Å². The zero-order chi connectivity index (χ0) is 18.9. The zero-order valence-electron chi connectivity index (χ0n) is 16.8. The first-order valence-electron chi connectivity index (χ1n) is 9.18. The lowest BCUT2D eigenvalue weighted by Crippen LogP contribution is -2.38. The number of thiazole rings is 1. The van der Waals surface area contributed by atoms with Crippen LogP contribution in [0, 0.1) is 13.8 Å². The molecular formula is C20H31IN4OS. The van der Waals surface area contributed by atoms with Crippen molar-refractivity contribution in [2.75, 3.05) is 13.1 Å². The molecule has 0 bridgehead atoms. The maximum atomic E-state index is 5.67. The smallest absolute Gasteiger partial charge is 0.191 e. The van der Waals surface area contributed by atoms with Crippen molar-refractivity contribution < 1.29 is 4.74 Å². The van der Waals surface area contributed by atoms with Crippen LogP contribution in [0.15, 0.2) is 29.3 Å². The first-order valence-corrected chi connectivity index (χ1v) is 10.00. The normalized spacial score (nSPS) is 11.3. The van der Waals surface area contributed by atoms with E-state index in [1.165, 1.54) is 9.88 Å². The summed E-state index contributed by atoms with van der Waals surface area (Å²) in [6, 6.07) is 8.12. The third kappa shape index (κ3) is 8.47. The van der Waals surface area contributed by atoms with Gasteiger partial charge in [0.2, 0.25) is 0 Å². The van der Waals surface area contributed by atoms with Crippen molar-refractivity contribution in [2.24, 2.45) is 4.99 Å². The van der Waals surface area contributed by atoms with E-state index in [-0.39, 0.29) is 30.1 Å². The minimum atomic E-state index is 0. The van der Waals surface area contributed by atoms with Gasteiger partial charge in [-0.15, -0.1) is 35.3 Å². The van der Waals surface area contributed by atoms with Crippen LogP contribution in [0.2, 0.25) is 0 Å². The number of ether oxygens (including phenoxy) is 1. The number of benzene rings is 1. The molecule has 27 heavy (non-hydrogen) atoms. The molecule has 0 spiro atoms. The number of guanidine groups is 1. The SMILES string of the molecule is CCNC(=NCc1ccc(OC(C)C)cc1)NCCc1nc(C)c(C)s1.I. The summed E-state index contributed by atoms with van der Waals surface area (Å²) in [5.74, 6) is 1.73. The van der Waals surface area contributed by atoms with Gasteiger partial charge < -0.3 is 15.4 Å². The van der Waals surface area contributed by atoms with E-state index >= 15 is 0 Å². The van der Waals surface area contributed by atoms with Gasteiger partial charge in [-0.1, -0.05) is 12.1 Å². The van der Waals surface area contributed by atoms with Gasteiger partial charge >= 0.3 is 0 Å². The Morgan fingerprint density at radius 1 is 1.19 bits per heavy atom. The van der Waals surface area contributed by atoms with Gasteiger partial charge in [-0.05, 0) is 52.3 Å². The largest absolute Gasteiger partial charge is 0.491 e. The second kappa shape index (κ2) is 12.2. The Hall–Kier alpha value is -1.35. The van der Waals surface area contributed by atoms with Crippen molar-refractivity contribution in [3.63, 3.8) is 0 Å². The highest BCUT2D eigenvalue weighted by Gasteiger charge is 2.04. The van der Waals surface area contributed by atoms with E-state index in [1.807, 2.05) is 26.0 Å². The molecule has 150 valence electrons. The first kappa shape index (κ1) is 23.7. The zero-order valence-corrected chi connectivity index (χ0v) is 20.0. The van der Waals surface area contributed by atoms with Gasteiger partial charge in [0.1, 0.15) is 5.75 Å². The molecule has 0 amide bonds. The highest BCUT2D eigenvalue weighted by atomic mass is 127. The summed E-state index contributed by atoms with van der Waals surface area (Å²) in [5, 5.41) is 7.85. The molecule has 5 nitrogen and oxygen atoms in total. The Balaban J connectivity index is 0.00000364. The van der Waals surface area contributed by atoms with E-state index in [0.29, 0.717) is 6.54 Å². The monoisotopic (exact) mass is 502 g/mol. The molecular weight excluding hydrogens is 471 g/mol. The molecule has 0 aliphatic carbocycles. The predicted octanol–water partition coefficient (Wildman–Crippen LogP) is 4.46. The number of hydrogen-bond acceptors (Lipinski definition) is 4. The lowest BCUT2D eigenvalue weighted by molar-refractivity contribution is 0.242. The van der Waals surface area contributed by atoms with Gasteiger partial charge in [0.25, 0.3) is 0 Å². The average Bonchev–Trinajstić information content (AvgIpc) is 2.91. The number of nitrogens with one attached hydrogen (secondary N) is 2. The first-order chi connectivity index (χ1) is 12.5. The van der Waals surface area contributed by atoms with Crippen LogP contribution < -0.4 is 15.4 Å². The Bertz CT molecular complexity index is 694. The van der Waals surface area contributed by atoms with E-state index in [0.717, 1.165) is 42.5 Å². The van der Waals surface area contributed by atoms with Crippen molar-refractivity contribution >= 4 is 41.3 Å². The fraction of sp³-hybridized carbons (Fsp3) is 0.500. The molecule has 0 saturated heterocycles. The molecule has 0 unspecified atom stereocenters. The lowest BCUT2D eigenvalue weighted by atomic mass is 10.2. The maximum Gasteiger partial charge on any atom is 0.191 e. The molecule has 0 aliphatic rings. The minimum absolute atomic E-state index is 0. The van der Waals surface area contributed by atoms with Crippen LogP contribution in [-0.4, -0.2) is 30.1 Å². The summed E-state index contributed by atoms with van der Waals surface area (Å²) >= 11 is 1.77. The number of halogens is 1. The third-order valence-electron chi connectivity index (χ3n) is 3.76. The standard InChI is InChI=1S/C20H30N4OS.HI/c1-6-21-20(22-12-11-19-24-15(4)16(5)26-19)23-13-17-7-9-18(10-8-17)25-14(2)3;/h7-10,14H,6,11-13H2,1-5H3,(H2,21,22,23);1H. The number of aromatic nitrogens is 1. The van der Waals surface area contributed by atoms with Crippen LogP contribution in [-0.2, 0) is 13.0 Å². The maximum absolute atomic E-state index is 5.67. The van der Waals surface area contributed by atoms with Crippen LogP contribution in [0.25, 0.3) is 0 Å². The van der Waals surface area contributed by atoms with Crippen molar-refractivity contribution in [1.29, 1.82) is 0 Å². The summed E-state index contributed by atoms with van der Waals surface area (Å²) in [7, 11) is 0. The molecule has 0 fully saturated rings. The molecule has 0 atom stereocenters. The lowest BCUT2D eigenvalue weighted by Gasteiger charge is -2.11. The summed E-state index contributed by atoms with van der Waals surface area (Å²) in [4.78, 5) is 10.5. The molecule has 7 heteroatoms. The summed E-state index contributed by atoms with van der Waals surface area (Å²) in [6.45, 7) is 12.6. The fourth-order valence-corrected chi connectivity index (χ4v) is 3.33. The van der Waals surface area contributed by atoms with Gasteiger partial charge in [0, 0.05) is 24.4 Å². The molecule has 2 N–H and O–H groups in total. The topological polar surface area (TPSA) is 58.5 Å². The second-order valence-corrected chi connectivity index (χ2v) is 7.72. The predicted molar refractivity (Wildman–Crippen MR) is 126 cm³/mol. The number of nitrogens with zero attached hydrogens (tertiary/aromatic N) is 2. The highest BCUT2D eigenvalue weighted by molar-refractivity contribution is 14.0. The quantitative estimate of drug-likeness (QED) is 0.318. The Labute approximate surface area is 184 Å². The molecule has 1 aromatic carbocycles. The van der Waals surface area contributed by atoms with Gasteiger partial charge in [0.15, 0.2) is 5.96 Å². The number of aryl methyl sites for hydroxylation is 2. The highest BCUT2D eigenvalue weighted by Crippen LogP contribution is 2.16. The van der Waals surface area contributed by atoms with Crippen LogP contribution in [0.3, 0.4) is 0 Å². The summed E-state index contributed by atoms with van der Waals surface area (Å²) in [5.41, 5.74) is 2.29. The van der Waals surface area contributed by atoms with Gasteiger partial charge in [-0.2, -0.15) is 0 Å². The number of aliphatic imine (C=N–C) groups is 1. The third-order valence-corrected chi connectivity index (χ3v) is 4.90.